The summed E-state index contributed by atoms with van der Waals surface area (Å²) >= 11 is 3.38. The molecule has 1 N–H and O–H groups in total. The van der Waals surface area contributed by atoms with Crippen LogP contribution in [-0.2, 0) is 11.3 Å². The van der Waals surface area contributed by atoms with Crippen molar-refractivity contribution in [2.24, 2.45) is 5.92 Å². The summed E-state index contributed by atoms with van der Waals surface area (Å²) in [5.74, 6) is 0.250. The van der Waals surface area contributed by atoms with Crippen molar-refractivity contribution in [3.05, 3.63) is 34.3 Å². The Hall–Kier alpha value is -1.36. The predicted molar refractivity (Wildman–Crippen MR) is 83.6 cm³/mol. The summed E-state index contributed by atoms with van der Waals surface area (Å²) in [6.45, 7) is 0.348. The van der Waals surface area contributed by atoms with Crippen LogP contribution in [0.3, 0.4) is 0 Å². The summed E-state index contributed by atoms with van der Waals surface area (Å²) in [5, 5.41) is 2.88. The van der Waals surface area contributed by atoms with E-state index in [0.29, 0.717) is 12.5 Å². The second-order valence-electron chi connectivity index (χ2n) is 5.88. The Morgan fingerprint density at radius 2 is 1.76 bits per heavy atom. The van der Waals surface area contributed by atoms with Crippen molar-refractivity contribution < 1.29 is 9.59 Å². The highest BCUT2D eigenvalue weighted by Crippen LogP contribution is 2.29. The number of nitrogens with one attached hydrogen (secondary N) is 1. The molecule has 1 unspecified atom stereocenters. The number of halogens is 1. The molecule has 0 radical (unpaired) electrons. The molecule has 0 spiro atoms. The molecule has 21 heavy (non-hydrogen) atoms. The van der Waals surface area contributed by atoms with E-state index in [-0.39, 0.29) is 18.0 Å². The molecule has 3 amide bonds. The Bertz CT molecular complexity index is 538. The Morgan fingerprint density at radius 3 is 2.43 bits per heavy atom. The summed E-state index contributed by atoms with van der Waals surface area (Å²) in [6.07, 6.45) is 5.66. The monoisotopic (exact) mass is 350 g/mol. The maximum Gasteiger partial charge on any atom is 0.325 e. The van der Waals surface area contributed by atoms with Crippen LogP contribution in [0.1, 0.15) is 37.7 Å². The molecule has 1 aromatic carbocycles. The van der Waals surface area contributed by atoms with Gasteiger partial charge in [0.25, 0.3) is 5.91 Å². The van der Waals surface area contributed by atoms with Crippen LogP contribution >= 0.6 is 15.9 Å². The number of nitrogens with zero attached hydrogens (tertiary/aromatic N) is 1. The van der Waals surface area contributed by atoms with Crippen LogP contribution in [0.25, 0.3) is 0 Å². The van der Waals surface area contributed by atoms with Crippen molar-refractivity contribution in [1.29, 1.82) is 0 Å². The van der Waals surface area contributed by atoms with Crippen LogP contribution in [0.4, 0.5) is 4.79 Å². The van der Waals surface area contributed by atoms with Gasteiger partial charge >= 0.3 is 6.03 Å². The van der Waals surface area contributed by atoms with E-state index in [0.717, 1.165) is 35.7 Å². The Balaban J connectivity index is 1.69. The van der Waals surface area contributed by atoms with Gasteiger partial charge in [0.2, 0.25) is 0 Å². The number of hydrogen-bond donors (Lipinski definition) is 1. The SMILES string of the molecule is O=C1NC(C2CCCCC2)C(=O)N1Cc1ccc(Br)cc1. The van der Waals surface area contributed by atoms with E-state index >= 15 is 0 Å². The number of imide groups is 1. The number of amides is 3. The summed E-state index contributed by atoms with van der Waals surface area (Å²) in [6, 6.07) is 7.14. The smallest absolute Gasteiger partial charge is 0.325 e. The van der Waals surface area contributed by atoms with Crippen molar-refractivity contribution in [2.45, 2.75) is 44.7 Å². The van der Waals surface area contributed by atoms with Gasteiger partial charge in [-0.2, -0.15) is 0 Å². The van der Waals surface area contributed by atoms with E-state index < -0.39 is 0 Å². The number of carbonyl (C=O) groups is 2. The fourth-order valence-electron chi connectivity index (χ4n) is 3.25. The molecule has 3 rings (SSSR count). The molecule has 1 saturated carbocycles. The first kappa shape index (κ1) is 14.6. The molecule has 0 aromatic heterocycles. The lowest BCUT2D eigenvalue weighted by atomic mass is 9.84. The number of hydrogen-bond acceptors (Lipinski definition) is 2. The van der Waals surface area contributed by atoms with Crippen LogP contribution in [0.15, 0.2) is 28.7 Å². The predicted octanol–water partition coefficient (Wildman–Crippen LogP) is 3.45. The summed E-state index contributed by atoms with van der Waals surface area (Å²) in [4.78, 5) is 26.0. The topological polar surface area (TPSA) is 49.4 Å². The summed E-state index contributed by atoms with van der Waals surface area (Å²) < 4.78 is 0.989. The quantitative estimate of drug-likeness (QED) is 0.848. The highest BCUT2D eigenvalue weighted by atomic mass is 79.9. The standard InChI is InChI=1S/C16H19BrN2O2/c17-13-8-6-11(7-9-13)10-19-15(20)14(18-16(19)21)12-4-2-1-3-5-12/h6-9,12,14H,1-5,10H2,(H,18,21). The van der Waals surface area contributed by atoms with Gasteiger partial charge in [-0.1, -0.05) is 47.3 Å². The van der Waals surface area contributed by atoms with Crippen molar-refractivity contribution in [1.82, 2.24) is 10.2 Å². The number of urea groups is 1. The minimum atomic E-state index is -0.312. The van der Waals surface area contributed by atoms with Gasteiger partial charge in [-0.15, -0.1) is 0 Å². The zero-order valence-electron chi connectivity index (χ0n) is 11.8. The number of benzene rings is 1. The maximum absolute atomic E-state index is 12.5. The van der Waals surface area contributed by atoms with E-state index in [9.17, 15) is 9.59 Å². The molecule has 5 heteroatoms. The lowest BCUT2D eigenvalue weighted by molar-refractivity contribution is -0.129. The molecule has 2 aliphatic rings. The molecule has 112 valence electrons. The molecule has 1 saturated heterocycles. The van der Waals surface area contributed by atoms with Crippen LogP contribution in [0.2, 0.25) is 0 Å². The third kappa shape index (κ3) is 3.12. The Kier molecular flexibility index (Phi) is 4.29. The Labute approximate surface area is 133 Å². The highest BCUT2D eigenvalue weighted by molar-refractivity contribution is 9.10. The normalized spacial score (nSPS) is 23.5. The molecule has 0 bridgehead atoms. The third-order valence-electron chi connectivity index (χ3n) is 4.43. The fourth-order valence-corrected chi connectivity index (χ4v) is 3.51. The molecule has 1 atom stereocenters. The molecular formula is C16H19BrN2O2. The van der Waals surface area contributed by atoms with E-state index in [1.807, 2.05) is 24.3 Å². The Morgan fingerprint density at radius 1 is 1.10 bits per heavy atom. The highest BCUT2D eigenvalue weighted by Gasteiger charge is 2.42. The number of carbonyl (C=O) groups excluding carboxylic acids is 2. The van der Waals surface area contributed by atoms with Gasteiger partial charge in [-0.05, 0) is 36.5 Å². The molecular weight excluding hydrogens is 332 g/mol. The zero-order valence-corrected chi connectivity index (χ0v) is 13.4. The van der Waals surface area contributed by atoms with Crippen LogP contribution < -0.4 is 5.32 Å². The van der Waals surface area contributed by atoms with Gasteiger partial charge in [0.15, 0.2) is 0 Å². The first-order chi connectivity index (χ1) is 10.1. The van der Waals surface area contributed by atoms with Crippen LogP contribution in [0, 0.1) is 5.92 Å². The minimum absolute atomic E-state index is 0.0604. The number of rotatable bonds is 3. The average Bonchev–Trinajstić information content (AvgIpc) is 2.78. The van der Waals surface area contributed by atoms with E-state index in [1.54, 1.807) is 0 Å². The van der Waals surface area contributed by atoms with Crippen molar-refractivity contribution in [3.63, 3.8) is 0 Å². The van der Waals surface area contributed by atoms with Crippen LogP contribution in [0.5, 0.6) is 0 Å². The lowest BCUT2D eigenvalue weighted by Gasteiger charge is -2.25. The first-order valence-corrected chi connectivity index (χ1v) is 8.31. The molecule has 1 heterocycles. The van der Waals surface area contributed by atoms with E-state index in [4.69, 9.17) is 0 Å². The fraction of sp³-hybridized carbons (Fsp3) is 0.500. The van der Waals surface area contributed by atoms with Crippen molar-refractivity contribution >= 4 is 27.9 Å². The van der Waals surface area contributed by atoms with Gasteiger partial charge in [-0.25, -0.2) is 4.79 Å². The minimum Gasteiger partial charge on any atom is -0.326 e. The summed E-state index contributed by atoms with van der Waals surface area (Å²) in [7, 11) is 0. The molecule has 1 aliphatic heterocycles. The van der Waals surface area contributed by atoms with E-state index in [1.165, 1.54) is 11.3 Å². The molecule has 4 nitrogen and oxygen atoms in total. The van der Waals surface area contributed by atoms with Gasteiger partial charge < -0.3 is 5.32 Å². The largest absolute Gasteiger partial charge is 0.326 e. The van der Waals surface area contributed by atoms with Gasteiger partial charge in [0.05, 0.1) is 6.54 Å². The van der Waals surface area contributed by atoms with E-state index in [2.05, 4.69) is 21.2 Å². The molecule has 1 aliphatic carbocycles. The molecule has 1 aromatic rings. The maximum atomic E-state index is 12.5. The van der Waals surface area contributed by atoms with Crippen molar-refractivity contribution in [2.75, 3.05) is 0 Å². The zero-order chi connectivity index (χ0) is 14.8. The summed E-state index contributed by atoms with van der Waals surface area (Å²) in [5.41, 5.74) is 0.964. The van der Waals surface area contributed by atoms with Gasteiger partial charge in [0.1, 0.15) is 6.04 Å². The average molecular weight is 351 g/mol. The van der Waals surface area contributed by atoms with Gasteiger partial charge in [-0.3, -0.25) is 9.69 Å². The van der Waals surface area contributed by atoms with Gasteiger partial charge in [0, 0.05) is 4.47 Å². The third-order valence-corrected chi connectivity index (χ3v) is 4.96. The van der Waals surface area contributed by atoms with Crippen molar-refractivity contribution in [3.8, 4) is 0 Å². The second-order valence-corrected chi connectivity index (χ2v) is 6.79. The molecule has 2 fully saturated rings. The second kappa shape index (κ2) is 6.18. The lowest BCUT2D eigenvalue weighted by Crippen LogP contribution is -2.38. The first-order valence-electron chi connectivity index (χ1n) is 7.51. The van der Waals surface area contributed by atoms with Crippen LogP contribution in [-0.4, -0.2) is 22.9 Å².